The summed E-state index contributed by atoms with van der Waals surface area (Å²) < 4.78 is 25.2. The molecule has 0 aromatic heterocycles. The van der Waals surface area contributed by atoms with E-state index in [1.165, 1.54) is 5.56 Å². The minimum absolute atomic E-state index is 0. The summed E-state index contributed by atoms with van der Waals surface area (Å²) in [6.07, 6.45) is 5.28. The van der Waals surface area contributed by atoms with Gasteiger partial charge in [0.25, 0.3) is 0 Å². The second-order valence-corrected chi connectivity index (χ2v) is 9.93. The molecule has 5 nitrogen and oxygen atoms in total. The molecule has 144 valence electrons. The number of nitrogens with zero attached hydrogens (tertiary/aromatic N) is 1. The molecule has 1 aromatic rings. The molecule has 2 N–H and O–H groups in total. The predicted octanol–water partition coefficient (Wildman–Crippen LogP) is 1.96. The van der Waals surface area contributed by atoms with Gasteiger partial charge in [0.2, 0.25) is 5.91 Å². The fourth-order valence-electron chi connectivity index (χ4n) is 4.75. The molecule has 2 aliphatic carbocycles. The predicted molar refractivity (Wildman–Crippen MR) is 103 cm³/mol. The highest BCUT2D eigenvalue weighted by Gasteiger charge is 2.42. The molecule has 0 radical (unpaired) electrons. The molecule has 1 saturated heterocycles. The molecule has 1 aliphatic heterocycles. The summed E-state index contributed by atoms with van der Waals surface area (Å²) in [6, 6.07) is 5.63. The lowest BCUT2D eigenvalue weighted by Crippen LogP contribution is -2.34. The summed E-state index contributed by atoms with van der Waals surface area (Å²) in [5, 5.41) is 0. The first-order valence-corrected chi connectivity index (χ1v) is 11.0. The largest absolute Gasteiger partial charge is 0.342 e. The number of aryl methyl sites for hydroxylation is 2. The van der Waals surface area contributed by atoms with Gasteiger partial charge in [-0.05, 0) is 67.2 Å². The number of benzene rings is 1. The van der Waals surface area contributed by atoms with Gasteiger partial charge in [-0.25, -0.2) is 8.42 Å². The van der Waals surface area contributed by atoms with E-state index in [0.29, 0.717) is 23.3 Å². The SMILES string of the molecule is Cl.NC1CCC2CN(C(=O)CCS(=O)(=O)c3ccc4c(c3)CCC4)CC12. The van der Waals surface area contributed by atoms with Crippen LogP contribution in [-0.2, 0) is 27.5 Å². The molecule has 26 heavy (non-hydrogen) atoms. The Kier molecular flexibility index (Phi) is 5.66. The van der Waals surface area contributed by atoms with Crippen molar-refractivity contribution < 1.29 is 13.2 Å². The number of rotatable bonds is 4. The maximum Gasteiger partial charge on any atom is 0.223 e. The van der Waals surface area contributed by atoms with Crippen molar-refractivity contribution in [1.29, 1.82) is 0 Å². The van der Waals surface area contributed by atoms with E-state index < -0.39 is 9.84 Å². The molecule has 1 amide bonds. The van der Waals surface area contributed by atoms with Crippen LogP contribution in [0.1, 0.15) is 36.8 Å². The van der Waals surface area contributed by atoms with Gasteiger partial charge in [-0.3, -0.25) is 4.79 Å². The average Bonchev–Trinajstić information content (AvgIpc) is 3.29. The van der Waals surface area contributed by atoms with Crippen molar-refractivity contribution in [2.45, 2.75) is 49.5 Å². The molecule has 1 saturated carbocycles. The number of likely N-dealkylation sites (tertiary alicyclic amines) is 1. The molecular weight excluding hydrogens is 372 g/mol. The van der Waals surface area contributed by atoms with Crippen LogP contribution < -0.4 is 5.73 Å². The lowest BCUT2D eigenvalue weighted by atomic mass is 9.98. The van der Waals surface area contributed by atoms with Gasteiger partial charge in [0, 0.05) is 25.6 Å². The van der Waals surface area contributed by atoms with Crippen LogP contribution in [0.3, 0.4) is 0 Å². The van der Waals surface area contributed by atoms with Crippen molar-refractivity contribution in [2.75, 3.05) is 18.8 Å². The molecular formula is C19H27ClN2O3S. The van der Waals surface area contributed by atoms with Gasteiger partial charge in [0.15, 0.2) is 9.84 Å². The van der Waals surface area contributed by atoms with Gasteiger partial charge in [0.1, 0.15) is 0 Å². The van der Waals surface area contributed by atoms with Crippen molar-refractivity contribution >= 4 is 28.2 Å². The van der Waals surface area contributed by atoms with Crippen LogP contribution in [0.5, 0.6) is 0 Å². The summed E-state index contributed by atoms with van der Waals surface area (Å²) in [5.74, 6) is 0.749. The lowest BCUT2D eigenvalue weighted by Gasteiger charge is -2.18. The molecule has 1 heterocycles. The second-order valence-electron chi connectivity index (χ2n) is 7.82. The Morgan fingerprint density at radius 2 is 1.92 bits per heavy atom. The average molecular weight is 399 g/mol. The fourth-order valence-corrected chi connectivity index (χ4v) is 6.03. The van der Waals surface area contributed by atoms with Crippen molar-refractivity contribution in [2.24, 2.45) is 17.6 Å². The number of fused-ring (bicyclic) bond motifs is 2. The highest BCUT2D eigenvalue weighted by Crippen LogP contribution is 2.37. The number of halogens is 1. The Balaban J connectivity index is 0.00000196. The van der Waals surface area contributed by atoms with Crippen molar-refractivity contribution in [3.05, 3.63) is 29.3 Å². The number of hydrogen-bond donors (Lipinski definition) is 1. The number of amides is 1. The first-order chi connectivity index (χ1) is 11.9. The Morgan fingerprint density at radius 1 is 1.15 bits per heavy atom. The molecule has 3 atom stereocenters. The minimum atomic E-state index is -3.41. The lowest BCUT2D eigenvalue weighted by molar-refractivity contribution is -0.130. The van der Waals surface area contributed by atoms with Gasteiger partial charge in [-0.2, -0.15) is 0 Å². The second kappa shape index (κ2) is 7.49. The van der Waals surface area contributed by atoms with Crippen molar-refractivity contribution in [3.63, 3.8) is 0 Å². The number of hydrogen-bond acceptors (Lipinski definition) is 4. The molecule has 0 bridgehead atoms. The Hall–Kier alpha value is -1.11. The van der Waals surface area contributed by atoms with E-state index in [1.807, 2.05) is 11.0 Å². The van der Waals surface area contributed by atoms with Crippen LogP contribution in [0.15, 0.2) is 23.1 Å². The first-order valence-electron chi connectivity index (χ1n) is 9.32. The summed E-state index contributed by atoms with van der Waals surface area (Å²) in [4.78, 5) is 14.7. The van der Waals surface area contributed by atoms with E-state index >= 15 is 0 Å². The molecule has 2 fully saturated rings. The Bertz CT molecular complexity index is 796. The van der Waals surface area contributed by atoms with Crippen LogP contribution in [0.4, 0.5) is 0 Å². The molecule has 3 unspecified atom stereocenters. The van der Waals surface area contributed by atoms with E-state index in [1.54, 1.807) is 12.1 Å². The zero-order valence-corrected chi connectivity index (χ0v) is 16.5. The number of carbonyl (C=O) groups excluding carboxylic acids is 1. The van der Waals surface area contributed by atoms with E-state index in [4.69, 9.17) is 5.73 Å². The van der Waals surface area contributed by atoms with Gasteiger partial charge in [-0.1, -0.05) is 6.07 Å². The third-order valence-electron chi connectivity index (χ3n) is 6.28. The summed E-state index contributed by atoms with van der Waals surface area (Å²) in [5.41, 5.74) is 8.52. The number of sulfone groups is 1. The molecule has 1 aromatic carbocycles. The zero-order valence-electron chi connectivity index (χ0n) is 14.9. The molecule has 4 rings (SSSR count). The smallest absolute Gasteiger partial charge is 0.223 e. The van der Waals surface area contributed by atoms with Crippen LogP contribution in [0.25, 0.3) is 0 Å². The third-order valence-corrected chi connectivity index (χ3v) is 7.99. The topological polar surface area (TPSA) is 80.5 Å². The normalized spacial score (nSPS) is 27.1. The number of carbonyl (C=O) groups is 1. The number of nitrogens with two attached hydrogens (primary N) is 1. The van der Waals surface area contributed by atoms with Gasteiger partial charge in [-0.15, -0.1) is 12.4 Å². The van der Waals surface area contributed by atoms with E-state index in [2.05, 4.69) is 0 Å². The monoisotopic (exact) mass is 398 g/mol. The third kappa shape index (κ3) is 3.64. The maximum absolute atomic E-state index is 12.6. The Morgan fingerprint density at radius 3 is 2.69 bits per heavy atom. The summed E-state index contributed by atoms with van der Waals surface area (Å²) >= 11 is 0. The summed E-state index contributed by atoms with van der Waals surface area (Å²) in [7, 11) is -3.41. The van der Waals surface area contributed by atoms with Gasteiger partial charge >= 0.3 is 0 Å². The van der Waals surface area contributed by atoms with E-state index in [0.717, 1.165) is 44.2 Å². The van der Waals surface area contributed by atoms with Crippen molar-refractivity contribution in [1.82, 2.24) is 4.90 Å². The van der Waals surface area contributed by atoms with Crippen molar-refractivity contribution in [3.8, 4) is 0 Å². The van der Waals surface area contributed by atoms with E-state index in [-0.39, 0.29) is 36.5 Å². The highest BCUT2D eigenvalue weighted by atomic mass is 35.5. The van der Waals surface area contributed by atoms with E-state index in [9.17, 15) is 13.2 Å². The van der Waals surface area contributed by atoms with Gasteiger partial charge < -0.3 is 10.6 Å². The molecule has 3 aliphatic rings. The minimum Gasteiger partial charge on any atom is -0.342 e. The quantitative estimate of drug-likeness (QED) is 0.840. The van der Waals surface area contributed by atoms with Crippen LogP contribution in [0.2, 0.25) is 0 Å². The summed E-state index contributed by atoms with van der Waals surface area (Å²) in [6.45, 7) is 1.44. The standard InChI is InChI=1S/C19H26N2O3S.ClH/c20-18-7-5-15-11-21(12-17(15)18)19(22)8-9-25(23,24)16-6-4-13-2-1-3-14(13)10-16;/h4,6,10,15,17-18H,1-3,5,7-9,11-12,20H2;1H. The molecule has 7 heteroatoms. The fraction of sp³-hybridized carbons (Fsp3) is 0.632. The first kappa shape index (κ1) is 19.6. The Labute approximate surface area is 161 Å². The zero-order chi connectivity index (χ0) is 17.6. The highest BCUT2D eigenvalue weighted by molar-refractivity contribution is 7.91. The molecule has 0 spiro atoms. The maximum atomic E-state index is 12.6. The van der Waals surface area contributed by atoms with Crippen LogP contribution >= 0.6 is 12.4 Å². The van der Waals surface area contributed by atoms with Crippen LogP contribution in [-0.4, -0.2) is 44.1 Å². The van der Waals surface area contributed by atoms with Crippen LogP contribution in [0, 0.1) is 11.8 Å². The van der Waals surface area contributed by atoms with Gasteiger partial charge in [0.05, 0.1) is 10.6 Å².